The second kappa shape index (κ2) is 6.47. The molecule has 1 aromatic carbocycles. The number of benzene rings is 1. The lowest BCUT2D eigenvalue weighted by Gasteiger charge is -2.06. The average Bonchev–Trinajstić information content (AvgIpc) is 2.46. The first-order valence-electron chi connectivity index (χ1n) is 5.67. The van der Waals surface area contributed by atoms with Crippen molar-refractivity contribution in [2.75, 3.05) is 6.54 Å². The van der Waals surface area contributed by atoms with Gasteiger partial charge in [0.05, 0.1) is 6.54 Å². The van der Waals surface area contributed by atoms with Crippen LogP contribution in [0.4, 0.5) is 4.39 Å². The Labute approximate surface area is 110 Å². The van der Waals surface area contributed by atoms with Crippen LogP contribution in [0.3, 0.4) is 0 Å². The molecule has 0 amide bonds. The summed E-state index contributed by atoms with van der Waals surface area (Å²) in [5, 5.41) is 0. The molecule has 96 valence electrons. The van der Waals surface area contributed by atoms with E-state index in [0.29, 0.717) is 11.4 Å². The number of nitrogens with two attached hydrogens (primary N) is 1. The van der Waals surface area contributed by atoms with Crippen molar-refractivity contribution < 1.29 is 9.13 Å². The maximum atomic E-state index is 13.6. The standard InChI is InChI=1S/C14H12FN3O/c15-12-5-4-11(3-1-6-16)9-13(12)19-10-14-17-7-2-8-18-14/h2,4-5,7-9H,6,10,16H2. The number of ether oxygens (including phenoxy) is 1. The van der Waals surface area contributed by atoms with E-state index in [2.05, 4.69) is 21.8 Å². The van der Waals surface area contributed by atoms with Gasteiger partial charge in [-0.15, -0.1) is 0 Å². The highest BCUT2D eigenvalue weighted by Crippen LogP contribution is 2.19. The minimum absolute atomic E-state index is 0.103. The normalized spacial score (nSPS) is 9.58. The van der Waals surface area contributed by atoms with Crippen molar-refractivity contribution in [3.63, 3.8) is 0 Å². The van der Waals surface area contributed by atoms with Crippen LogP contribution >= 0.6 is 0 Å². The average molecular weight is 257 g/mol. The number of rotatable bonds is 3. The molecule has 5 heteroatoms. The van der Waals surface area contributed by atoms with Gasteiger partial charge in [-0.3, -0.25) is 0 Å². The zero-order valence-corrected chi connectivity index (χ0v) is 10.1. The van der Waals surface area contributed by atoms with E-state index in [1.807, 2.05) is 0 Å². The lowest BCUT2D eigenvalue weighted by Crippen LogP contribution is -2.02. The molecule has 2 rings (SSSR count). The molecule has 1 heterocycles. The van der Waals surface area contributed by atoms with E-state index in [9.17, 15) is 4.39 Å². The first kappa shape index (κ1) is 13.0. The SMILES string of the molecule is NCC#Cc1ccc(F)c(OCc2ncccn2)c1. The first-order valence-corrected chi connectivity index (χ1v) is 5.67. The number of hydrogen-bond donors (Lipinski definition) is 1. The molecule has 0 aliphatic rings. The molecule has 0 saturated heterocycles. The fraction of sp³-hybridized carbons (Fsp3) is 0.143. The van der Waals surface area contributed by atoms with E-state index in [0.717, 1.165) is 0 Å². The summed E-state index contributed by atoms with van der Waals surface area (Å²) in [5.41, 5.74) is 5.93. The second-order valence-corrected chi connectivity index (χ2v) is 3.60. The molecule has 1 aromatic heterocycles. The maximum absolute atomic E-state index is 13.6. The Morgan fingerprint density at radius 1 is 1.26 bits per heavy atom. The number of hydrogen-bond acceptors (Lipinski definition) is 4. The van der Waals surface area contributed by atoms with Gasteiger partial charge in [-0.05, 0) is 24.3 Å². The largest absolute Gasteiger partial charge is 0.482 e. The summed E-state index contributed by atoms with van der Waals surface area (Å²) in [6.45, 7) is 0.358. The second-order valence-electron chi connectivity index (χ2n) is 3.60. The van der Waals surface area contributed by atoms with Crippen LogP contribution in [0.25, 0.3) is 0 Å². The highest BCUT2D eigenvalue weighted by molar-refractivity contribution is 5.40. The number of halogens is 1. The summed E-state index contributed by atoms with van der Waals surface area (Å²) in [6.07, 6.45) is 3.20. The highest BCUT2D eigenvalue weighted by Gasteiger charge is 2.05. The monoisotopic (exact) mass is 257 g/mol. The molecular weight excluding hydrogens is 245 g/mol. The fourth-order valence-electron chi connectivity index (χ4n) is 1.39. The van der Waals surface area contributed by atoms with Crippen LogP contribution in [-0.2, 0) is 6.61 Å². The topological polar surface area (TPSA) is 61.0 Å². The van der Waals surface area contributed by atoms with Gasteiger partial charge in [-0.1, -0.05) is 11.8 Å². The molecule has 0 spiro atoms. The molecule has 19 heavy (non-hydrogen) atoms. The van der Waals surface area contributed by atoms with Crippen LogP contribution in [0.15, 0.2) is 36.7 Å². The number of aromatic nitrogens is 2. The molecule has 0 atom stereocenters. The van der Waals surface area contributed by atoms with Crippen molar-refractivity contribution in [2.45, 2.75) is 6.61 Å². The Kier molecular flexibility index (Phi) is 4.43. The van der Waals surface area contributed by atoms with Crippen LogP contribution < -0.4 is 10.5 Å². The zero-order valence-electron chi connectivity index (χ0n) is 10.1. The van der Waals surface area contributed by atoms with E-state index in [4.69, 9.17) is 10.5 Å². The fourth-order valence-corrected chi connectivity index (χ4v) is 1.39. The Bertz CT molecular complexity index is 605. The van der Waals surface area contributed by atoms with Crippen molar-refractivity contribution in [3.8, 4) is 17.6 Å². The predicted molar refractivity (Wildman–Crippen MR) is 68.7 cm³/mol. The molecule has 4 nitrogen and oxygen atoms in total. The van der Waals surface area contributed by atoms with Gasteiger partial charge in [0.1, 0.15) is 6.61 Å². The molecule has 0 saturated carbocycles. The summed E-state index contributed by atoms with van der Waals surface area (Å²) in [7, 11) is 0. The molecule has 0 fully saturated rings. The third-order valence-corrected chi connectivity index (χ3v) is 2.24. The molecule has 0 unspecified atom stereocenters. The molecule has 0 aliphatic heterocycles. The van der Waals surface area contributed by atoms with Crippen LogP contribution in [-0.4, -0.2) is 16.5 Å². The van der Waals surface area contributed by atoms with Crippen LogP contribution in [0.1, 0.15) is 11.4 Å². The summed E-state index contributed by atoms with van der Waals surface area (Å²) >= 11 is 0. The quantitative estimate of drug-likeness (QED) is 0.847. The van der Waals surface area contributed by atoms with Gasteiger partial charge in [0, 0.05) is 18.0 Å². The first-order chi connectivity index (χ1) is 9.29. The van der Waals surface area contributed by atoms with Crippen LogP contribution in [0, 0.1) is 17.7 Å². The molecule has 0 aliphatic carbocycles. The van der Waals surface area contributed by atoms with E-state index >= 15 is 0 Å². The minimum Gasteiger partial charge on any atom is -0.482 e. The smallest absolute Gasteiger partial charge is 0.166 e. The summed E-state index contributed by atoms with van der Waals surface area (Å²) in [6, 6.07) is 6.11. The minimum atomic E-state index is -0.450. The molecule has 2 aromatic rings. The van der Waals surface area contributed by atoms with Gasteiger partial charge in [0.2, 0.25) is 0 Å². The molecule has 0 bridgehead atoms. The Morgan fingerprint density at radius 3 is 2.79 bits per heavy atom. The summed E-state index contributed by atoms with van der Waals surface area (Å²) < 4.78 is 18.9. The lowest BCUT2D eigenvalue weighted by molar-refractivity contribution is 0.281. The summed E-state index contributed by atoms with van der Waals surface area (Å²) in [4.78, 5) is 7.98. The van der Waals surface area contributed by atoms with E-state index < -0.39 is 5.82 Å². The zero-order chi connectivity index (χ0) is 13.5. The number of nitrogens with zero attached hydrogens (tertiary/aromatic N) is 2. The van der Waals surface area contributed by atoms with Gasteiger partial charge in [-0.2, -0.15) is 0 Å². The van der Waals surface area contributed by atoms with Crippen molar-refractivity contribution in [1.82, 2.24) is 9.97 Å². The van der Waals surface area contributed by atoms with Gasteiger partial charge in [-0.25, -0.2) is 14.4 Å². The third-order valence-electron chi connectivity index (χ3n) is 2.24. The predicted octanol–water partition coefficient (Wildman–Crippen LogP) is 1.50. The summed E-state index contributed by atoms with van der Waals surface area (Å²) in [5.74, 6) is 5.68. The van der Waals surface area contributed by atoms with Crippen molar-refractivity contribution in [3.05, 3.63) is 53.9 Å². The lowest BCUT2D eigenvalue weighted by atomic mass is 10.2. The van der Waals surface area contributed by atoms with Crippen molar-refractivity contribution in [2.24, 2.45) is 5.73 Å². The van der Waals surface area contributed by atoms with E-state index in [1.165, 1.54) is 12.1 Å². The maximum Gasteiger partial charge on any atom is 0.166 e. The van der Waals surface area contributed by atoms with Crippen LogP contribution in [0.5, 0.6) is 5.75 Å². The Morgan fingerprint density at radius 2 is 2.05 bits per heavy atom. The van der Waals surface area contributed by atoms with Gasteiger partial charge < -0.3 is 10.5 Å². The molecular formula is C14H12FN3O. The van der Waals surface area contributed by atoms with E-state index in [-0.39, 0.29) is 18.9 Å². The Balaban J connectivity index is 2.11. The van der Waals surface area contributed by atoms with Gasteiger partial charge >= 0.3 is 0 Å². The van der Waals surface area contributed by atoms with Gasteiger partial charge in [0.25, 0.3) is 0 Å². The molecule has 2 N–H and O–H groups in total. The van der Waals surface area contributed by atoms with Crippen molar-refractivity contribution >= 4 is 0 Å². The van der Waals surface area contributed by atoms with Gasteiger partial charge in [0.15, 0.2) is 17.4 Å². The van der Waals surface area contributed by atoms with Crippen LogP contribution in [0.2, 0.25) is 0 Å². The highest BCUT2D eigenvalue weighted by atomic mass is 19.1. The Hall–Kier alpha value is -2.45. The van der Waals surface area contributed by atoms with E-state index in [1.54, 1.807) is 24.5 Å². The van der Waals surface area contributed by atoms with Crippen molar-refractivity contribution in [1.29, 1.82) is 0 Å². The third kappa shape index (κ3) is 3.76. The molecule has 0 radical (unpaired) electrons.